The van der Waals surface area contributed by atoms with Crippen LogP contribution >= 0.6 is 0 Å². The first-order chi connectivity index (χ1) is 14.2. The molecule has 5 heteroatoms. The second-order valence-corrected chi connectivity index (χ2v) is 6.70. The minimum atomic E-state index is -1.01. The fraction of sp³-hybridized carbons (Fsp3) is 0.0833. The highest BCUT2D eigenvalue weighted by molar-refractivity contribution is 5.97. The smallest absolute Gasteiger partial charge is 0.352 e. The van der Waals surface area contributed by atoms with Crippen molar-refractivity contribution < 1.29 is 14.6 Å². The van der Waals surface area contributed by atoms with E-state index in [1.165, 1.54) is 0 Å². The van der Waals surface area contributed by atoms with Crippen LogP contribution in [0.1, 0.15) is 27.2 Å². The molecule has 4 rings (SSSR count). The molecule has 1 heterocycles. The lowest BCUT2D eigenvalue weighted by molar-refractivity contribution is 0.0686. The molecule has 0 radical (unpaired) electrons. The third-order valence-electron chi connectivity index (χ3n) is 4.76. The standard InChI is InChI=1S/C24H18N2O3/c25-14-18-8-4-9-19(12-18)15-26-21-10-5-11-23(20(21)13-22(26)24(27)28)29-16-17-6-2-1-3-7-17/h1-13H,15-16H2,(H,27,28). The quantitative estimate of drug-likeness (QED) is 0.518. The second kappa shape index (κ2) is 7.91. The molecular weight excluding hydrogens is 364 g/mol. The SMILES string of the molecule is N#Cc1cccc(Cn2c(C(=O)O)cc3c(OCc4ccccc4)cccc32)c1. The van der Waals surface area contributed by atoms with E-state index in [9.17, 15) is 9.90 Å². The molecule has 0 atom stereocenters. The first-order valence-electron chi connectivity index (χ1n) is 9.17. The average molecular weight is 382 g/mol. The molecule has 1 N–H and O–H groups in total. The van der Waals surface area contributed by atoms with Crippen molar-refractivity contribution in [3.63, 3.8) is 0 Å². The maximum Gasteiger partial charge on any atom is 0.352 e. The number of carboxylic acids is 1. The zero-order chi connectivity index (χ0) is 20.2. The molecule has 0 saturated carbocycles. The Morgan fingerprint density at radius 3 is 2.48 bits per heavy atom. The number of hydrogen-bond acceptors (Lipinski definition) is 3. The van der Waals surface area contributed by atoms with Crippen LogP contribution < -0.4 is 4.74 Å². The molecule has 0 spiro atoms. The van der Waals surface area contributed by atoms with Crippen molar-refractivity contribution in [1.29, 1.82) is 5.26 Å². The van der Waals surface area contributed by atoms with Gasteiger partial charge in [0.25, 0.3) is 0 Å². The van der Waals surface area contributed by atoms with Crippen molar-refractivity contribution in [2.45, 2.75) is 13.2 Å². The summed E-state index contributed by atoms with van der Waals surface area (Å²) in [6.45, 7) is 0.751. The third kappa shape index (κ3) is 3.83. The topological polar surface area (TPSA) is 75.2 Å². The fourth-order valence-corrected chi connectivity index (χ4v) is 3.39. The van der Waals surface area contributed by atoms with Gasteiger partial charge in [0.1, 0.15) is 18.1 Å². The van der Waals surface area contributed by atoms with Gasteiger partial charge in [-0.2, -0.15) is 5.26 Å². The molecule has 0 saturated heterocycles. The van der Waals surface area contributed by atoms with Crippen LogP contribution in [0.3, 0.4) is 0 Å². The number of aromatic nitrogens is 1. The van der Waals surface area contributed by atoms with Crippen LogP contribution in [-0.4, -0.2) is 15.6 Å². The lowest BCUT2D eigenvalue weighted by Gasteiger charge is -2.10. The van der Waals surface area contributed by atoms with E-state index >= 15 is 0 Å². The fourth-order valence-electron chi connectivity index (χ4n) is 3.39. The van der Waals surface area contributed by atoms with Gasteiger partial charge in [0.15, 0.2) is 0 Å². The molecule has 0 bridgehead atoms. The molecule has 0 amide bonds. The summed E-state index contributed by atoms with van der Waals surface area (Å²) in [6.07, 6.45) is 0. The van der Waals surface area contributed by atoms with E-state index in [0.717, 1.165) is 22.0 Å². The first kappa shape index (κ1) is 18.3. The Hall–Kier alpha value is -4.04. The zero-order valence-corrected chi connectivity index (χ0v) is 15.6. The number of ether oxygens (including phenoxy) is 1. The van der Waals surface area contributed by atoms with Crippen molar-refractivity contribution in [3.8, 4) is 11.8 Å². The molecule has 4 aromatic rings. The molecule has 5 nitrogen and oxygen atoms in total. The number of nitriles is 1. The highest BCUT2D eigenvalue weighted by atomic mass is 16.5. The van der Waals surface area contributed by atoms with Crippen molar-refractivity contribution in [1.82, 2.24) is 4.57 Å². The van der Waals surface area contributed by atoms with E-state index in [1.54, 1.807) is 28.8 Å². The number of hydrogen-bond donors (Lipinski definition) is 1. The maximum atomic E-state index is 11.9. The number of rotatable bonds is 6. The third-order valence-corrected chi connectivity index (χ3v) is 4.76. The second-order valence-electron chi connectivity index (χ2n) is 6.70. The number of aromatic carboxylic acids is 1. The van der Waals surface area contributed by atoms with Crippen molar-refractivity contribution in [2.75, 3.05) is 0 Å². The zero-order valence-electron chi connectivity index (χ0n) is 15.6. The first-order valence-corrected chi connectivity index (χ1v) is 9.17. The van der Waals surface area contributed by atoms with Gasteiger partial charge < -0.3 is 14.4 Å². The number of carboxylic acid groups (broad SMARTS) is 1. The van der Waals surface area contributed by atoms with Crippen LogP contribution in [0.4, 0.5) is 0 Å². The summed E-state index contributed by atoms with van der Waals surface area (Å²) < 4.78 is 7.73. The van der Waals surface area contributed by atoms with E-state index in [4.69, 9.17) is 10.00 Å². The number of fused-ring (bicyclic) bond motifs is 1. The lowest BCUT2D eigenvalue weighted by Crippen LogP contribution is -2.09. The van der Waals surface area contributed by atoms with Gasteiger partial charge in [0.05, 0.1) is 17.1 Å². The Labute approximate surface area is 168 Å². The predicted octanol–water partition coefficient (Wildman–Crippen LogP) is 4.84. The van der Waals surface area contributed by atoms with Crippen LogP contribution in [0.5, 0.6) is 5.75 Å². The summed E-state index contributed by atoms with van der Waals surface area (Å²) in [4.78, 5) is 11.9. The highest BCUT2D eigenvalue weighted by Crippen LogP contribution is 2.30. The molecule has 0 aliphatic rings. The molecule has 0 aliphatic carbocycles. The van der Waals surface area contributed by atoms with E-state index < -0.39 is 5.97 Å². The average Bonchev–Trinajstić information content (AvgIpc) is 3.12. The maximum absolute atomic E-state index is 11.9. The van der Waals surface area contributed by atoms with Crippen molar-refractivity contribution in [3.05, 3.63) is 101 Å². The molecule has 3 aromatic carbocycles. The lowest BCUT2D eigenvalue weighted by atomic mass is 10.1. The van der Waals surface area contributed by atoms with Gasteiger partial charge in [-0.1, -0.05) is 48.5 Å². The van der Waals surface area contributed by atoms with Crippen LogP contribution in [-0.2, 0) is 13.2 Å². The number of carbonyl (C=O) groups is 1. The Morgan fingerprint density at radius 2 is 1.72 bits per heavy atom. The molecule has 1 aromatic heterocycles. The summed E-state index contributed by atoms with van der Waals surface area (Å²) >= 11 is 0. The Balaban J connectivity index is 1.73. The van der Waals surface area contributed by atoms with Crippen LogP contribution in [0.15, 0.2) is 78.9 Å². The normalized spacial score (nSPS) is 10.6. The minimum absolute atomic E-state index is 0.179. The summed E-state index contributed by atoms with van der Waals surface area (Å²) in [5.41, 5.74) is 3.39. The molecule has 0 aliphatic heterocycles. The number of benzene rings is 3. The predicted molar refractivity (Wildman–Crippen MR) is 110 cm³/mol. The Morgan fingerprint density at radius 1 is 0.966 bits per heavy atom. The van der Waals surface area contributed by atoms with Gasteiger partial charge >= 0.3 is 5.97 Å². The van der Waals surface area contributed by atoms with E-state index in [1.807, 2.05) is 54.6 Å². The summed E-state index contributed by atoms with van der Waals surface area (Å²) in [7, 11) is 0. The van der Waals surface area contributed by atoms with Gasteiger partial charge in [0, 0.05) is 11.9 Å². The largest absolute Gasteiger partial charge is 0.488 e. The molecule has 0 unspecified atom stereocenters. The van der Waals surface area contributed by atoms with Crippen molar-refractivity contribution in [2.24, 2.45) is 0 Å². The minimum Gasteiger partial charge on any atom is -0.488 e. The van der Waals surface area contributed by atoms with Crippen LogP contribution in [0, 0.1) is 11.3 Å². The van der Waals surface area contributed by atoms with Gasteiger partial charge in [-0.15, -0.1) is 0 Å². The van der Waals surface area contributed by atoms with E-state index in [2.05, 4.69) is 6.07 Å². The molecule has 0 fully saturated rings. The Bertz CT molecular complexity index is 1220. The molecular formula is C24H18N2O3. The van der Waals surface area contributed by atoms with E-state index in [0.29, 0.717) is 24.5 Å². The molecule has 29 heavy (non-hydrogen) atoms. The monoisotopic (exact) mass is 382 g/mol. The number of nitrogens with zero attached hydrogens (tertiary/aromatic N) is 2. The molecule has 142 valence electrons. The van der Waals surface area contributed by atoms with Gasteiger partial charge in [-0.05, 0) is 41.5 Å². The van der Waals surface area contributed by atoms with Crippen molar-refractivity contribution >= 4 is 16.9 Å². The van der Waals surface area contributed by atoms with Crippen LogP contribution in [0.2, 0.25) is 0 Å². The van der Waals surface area contributed by atoms with E-state index in [-0.39, 0.29) is 5.69 Å². The summed E-state index contributed by atoms with van der Waals surface area (Å²) in [5, 5.41) is 19.6. The summed E-state index contributed by atoms with van der Waals surface area (Å²) in [6, 6.07) is 26.3. The highest BCUT2D eigenvalue weighted by Gasteiger charge is 2.17. The van der Waals surface area contributed by atoms with Crippen LogP contribution in [0.25, 0.3) is 10.9 Å². The van der Waals surface area contributed by atoms with Gasteiger partial charge in [-0.25, -0.2) is 4.79 Å². The Kier molecular flexibility index (Phi) is 5.00. The van der Waals surface area contributed by atoms with Gasteiger partial charge in [0.2, 0.25) is 0 Å². The van der Waals surface area contributed by atoms with Gasteiger partial charge in [-0.3, -0.25) is 0 Å². The summed E-state index contributed by atoms with van der Waals surface area (Å²) in [5.74, 6) is -0.370.